The van der Waals surface area contributed by atoms with E-state index in [2.05, 4.69) is 15.4 Å². The number of aromatic nitrogens is 2. The molecule has 0 bridgehead atoms. The SMILES string of the molecule is COC(=O)CCCCCOc1cccc2c1nc(-c1ccccc1)n2CC=Cc1ccc(F)cc1. The summed E-state index contributed by atoms with van der Waals surface area (Å²) in [6.45, 7) is 1.16. The highest BCUT2D eigenvalue weighted by Crippen LogP contribution is 2.31. The standard InChI is InChI=1S/C29H29FN2O3/c1-34-27(33)15-6-3-7-21-35-26-14-8-13-25-28(26)31-29(23-11-4-2-5-12-23)32(25)20-9-10-22-16-18-24(30)19-17-22/h2,4-5,8-14,16-19H,3,6-7,15,20-21H2,1H3. The second kappa shape index (κ2) is 12.0. The summed E-state index contributed by atoms with van der Waals surface area (Å²) in [5.41, 5.74) is 3.76. The number of ether oxygens (including phenoxy) is 2. The van der Waals surface area contributed by atoms with Crippen molar-refractivity contribution in [3.63, 3.8) is 0 Å². The van der Waals surface area contributed by atoms with Gasteiger partial charge in [-0.05, 0) is 49.1 Å². The first-order valence-corrected chi connectivity index (χ1v) is 11.8. The van der Waals surface area contributed by atoms with Crippen molar-refractivity contribution in [3.05, 3.63) is 90.3 Å². The molecular formula is C29H29FN2O3. The molecule has 1 heterocycles. The molecule has 0 saturated heterocycles. The van der Waals surface area contributed by atoms with Crippen molar-refractivity contribution in [2.75, 3.05) is 13.7 Å². The van der Waals surface area contributed by atoms with Crippen LogP contribution in [-0.2, 0) is 16.1 Å². The summed E-state index contributed by atoms with van der Waals surface area (Å²) >= 11 is 0. The van der Waals surface area contributed by atoms with E-state index in [9.17, 15) is 9.18 Å². The quantitative estimate of drug-likeness (QED) is 0.181. The Kier molecular flexibility index (Phi) is 8.28. The van der Waals surface area contributed by atoms with Crippen molar-refractivity contribution in [2.45, 2.75) is 32.2 Å². The highest BCUT2D eigenvalue weighted by atomic mass is 19.1. The molecule has 180 valence electrons. The Morgan fingerprint density at radius 3 is 2.54 bits per heavy atom. The van der Waals surface area contributed by atoms with Crippen molar-refractivity contribution < 1.29 is 18.7 Å². The van der Waals surface area contributed by atoms with E-state index in [1.165, 1.54) is 19.2 Å². The Morgan fingerprint density at radius 2 is 1.77 bits per heavy atom. The maximum Gasteiger partial charge on any atom is 0.305 e. The van der Waals surface area contributed by atoms with E-state index < -0.39 is 0 Å². The van der Waals surface area contributed by atoms with Gasteiger partial charge in [-0.25, -0.2) is 9.37 Å². The monoisotopic (exact) mass is 472 g/mol. The van der Waals surface area contributed by atoms with Crippen LogP contribution in [0.2, 0.25) is 0 Å². The highest BCUT2D eigenvalue weighted by Gasteiger charge is 2.15. The fourth-order valence-corrected chi connectivity index (χ4v) is 3.93. The lowest BCUT2D eigenvalue weighted by molar-refractivity contribution is -0.140. The second-order valence-electron chi connectivity index (χ2n) is 8.23. The number of para-hydroxylation sites is 1. The van der Waals surface area contributed by atoms with Gasteiger partial charge in [0.15, 0.2) is 0 Å². The van der Waals surface area contributed by atoms with Gasteiger partial charge in [-0.1, -0.05) is 60.7 Å². The average molecular weight is 473 g/mol. The Bertz CT molecular complexity index is 1280. The van der Waals surface area contributed by atoms with Gasteiger partial charge in [0, 0.05) is 18.5 Å². The predicted molar refractivity (Wildman–Crippen MR) is 137 cm³/mol. The highest BCUT2D eigenvalue weighted by molar-refractivity contribution is 5.86. The molecule has 3 aromatic carbocycles. The maximum atomic E-state index is 13.2. The van der Waals surface area contributed by atoms with E-state index in [1.54, 1.807) is 12.1 Å². The van der Waals surface area contributed by atoms with Crippen LogP contribution in [0, 0.1) is 5.82 Å². The molecule has 0 radical (unpaired) electrons. The summed E-state index contributed by atoms with van der Waals surface area (Å²) < 4.78 is 26.2. The predicted octanol–water partition coefficient (Wildman–Crippen LogP) is 6.67. The first kappa shape index (κ1) is 24.2. The van der Waals surface area contributed by atoms with Gasteiger partial charge in [0.25, 0.3) is 0 Å². The fraction of sp³-hybridized carbons (Fsp3) is 0.241. The molecule has 0 amide bonds. The Labute approximate surface area is 204 Å². The number of unbranched alkanes of at least 4 members (excludes halogenated alkanes) is 2. The lowest BCUT2D eigenvalue weighted by Crippen LogP contribution is -2.01. The van der Waals surface area contributed by atoms with E-state index in [-0.39, 0.29) is 11.8 Å². The number of fused-ring (bicyclic) bond motifs is 1. The van der Waals surface area contributed by atoms with Gasteiger partial charge in [0.1, 0.15) is 22.9 Å². The van der Waals surface area contributed by atoms with E-state index in [0.29, 0.717) is 19.6 Å². The van der Waals surface area contributed by atoms with E-state index in [0.717, 1.165) is 53.0 Å². The second-order valence-corrected chi connectivity index (χ2v) is 8.23. The van der Waals surface area contributed by atoms with Gasteiger partial charge in [-0.15, -0.1) is 0 Å². The number of hydrogen-bond acceptors (Lipinski definition) is 4. The Hall–Kier alpha value is -3.93. The summed E-state index contributed by atoms with van der Waals surface area (Å²) in [5.74, 6) is 1.18. The number of nitrogens with zero attached hydrogens (tertiary/aromatic N) is 2. The van der Waals surface area contributed by atoms with Crippen molar-refractivity contribution >= 4 is 23.1 Å². The van der Waals surface area contributed by atoms with Crippen LogP contribution in [-0.4, -0.2) is 29.2 Å². The summed E-state index contributed by atoms with van der Waals surface area (Å²) in [5, 5.41) is 0. The number of rotatable bonds is 11. The topological polar surface area (TPSA) is 53.4 Å². The molecule has 0 aliphatic rings. The molecule has 1 aromatic heterocycles. The Morgan fingerprint density at radius 1 is 0.971 bits per heavy atom. The number of esters is 1. The van der Waals surface area contributed by atoms with Crippen molar-refractivity contribution in [2.24, 2.45) is 0 Å². The van der Waals surface area contributed by atoms with Crippen LogP contribution in [0.15, 0.2) is 78.9 Å². The minimum absolute atomic E-state index is 0.178. The van der Waals surface area contributed by atoms with Crippen LogP contribution < -0.4 is 4.74 Å². The molecule has 0 N–H and O–H groups in total. The van der Waals surface area contributed by atoms with Gasteiger partial charge in [-0.2, -0.15) is 0 Å². The maximum absolute atomic E-state index is 13.2. The zero-order valence-electron chi connectivity index (χ0n) is 19.8. The lowest BCUT2D eigenvalue weighted by Gasteiger charge is -2.08. The van der Waals surface area contributed by atoms with Crippen LogP contribution >= 0.6 is 0 Å². The number of carbonyl (C=O) groups excluding carboxylic acids is 1. The summed E-state index contributed by atoms with van der Waals surface area (Å²) in [6, 6.07) is 22.5. The van der Waals surface area contributed by atoms with Crippen molar-refractivity contribution in [1.82, 2.24) is 9.55 Å². The number of carbonyl (C=O) groups is 1. The molecule has 6 heteroatoms. The largest absolute Gasteiger partial charge is 0.491 e. The molecule has 0 unspecified atom stereocenters. The fourth-order valence-electron chi connectivity index (χ4n) is 3.93. The van der Waals surface area contributed by atoms with Gasteiger partial charge in [-0.3, -0.25) is 4.79 Å². The van der Waals surface area contributed by atoms with Gasteiger partial charge in [0.05, 0.1) is 19.2 Å². The molecule has 4 aromatic rings. The number of imidazole rings is 1. The minimum Gasteiger partial charge on any atom is -0.491 e. The molecular weight excluding hydrogens is 443 g/mol. The van der Waals surface area contributed by atoms with Crippen LogP contribution in [0.3, 0.4) is 0 Å². The normalized spacial score (nSPS) is 11.3. The summed E-state index contributed by atoms with van der Waals surface area (Å²) in [7, 11) is 1.41. The average Bonchev–Trinajstić information content (AvgIpc) is 3.27. The van der Waals surface area contributed by atoms with E-state index in [4.69, 9.17) is 9.72 Å². The molecule has 0 aliphatic carbocycles. The summed E-state index contributed by atoms with van der Waals surface area (Å²) in [4.78, 5) is 16.2. The Balaban J connectivity index is 1.54. The van der Waals surface area contributed by atoms with E-state index >= 15 is 0 Å². The zero-order chi connectivity index (χ0) is 24.5. The summed E-state index contributed by atoms with van der Waals surface area (Å²) in [6.07, 6.45) is 6.99. The third kappa shape index (κ3) is 6.35. The van der Waals surface area contributed by atoms with Crippen LogP contribution in [0.25, 0.3) is 28.5 Å². The molecule has 0 saturated carbocycles. The molecule has 35 heavy (non-hydrogen) atoms. The lowest BCUT2D eigenvalue weighted by atomic mass is 10.2. The minimum atomic E-state index is -0.245. The zero-order valence-corrected chi connectivity index (χ0v) is 19.8. The van der Waals surface area contributed by atoms with E-state index in [1.807, 2.05) is 54.6 Å². The van der Waals surface area contributed by atoms with Gasteiger partial charge >= 0.3 is 5.97 Å². The molecule has 0 aliphatic heterocycles. The number of benzene rings is 3. The molecule has 5 nitrogen and oxygen atoms in total. The number of methoxy groups -OCH3 is 1. The van der Waals surface area contributed by atoms with Gasteiger partial charge < -0.3 is 14.0 Å². The number of allylic oxidation sites excluding steroid dienone is 1. The van der Waals surface area contributed by atoms with Crippen LogP contribution in [0.5, 0.6) is 5.75 Å². The third-order valence-electron chi connectivity index (χ3n) is 5.75. The molecule has 0 fully saturated rings. The van der Waals surface area contributed by atoms with Crippen molar-refractivity contribution in [3.8, 4) is 17.1 Å². The first-order chi connectivity index (χ1) is 17.2. The number of hydrogen-bond donors (Lipinski definition) is 0. The molecule has 0 atom stereocenters. The first-order valence-electron chi connectivity index (χ1n) is 11.8. The molecule has 4 rings (SSSR count). The number of halogens is 1. The van der Waals surface area contributed by atoms with Crippen molar-refractivity contribution in [1.29, 1.82) is 0 Å². The van der Waals surface area contributed by atoms with Gasteiger partial charge in [0.2, 0.25) is 0 Å². The van der Waals surface area contributed by atoms with Crippen LogP contribution in [0.1, 0.15) is 31.2 Å². The smallest absolute Gasteiger partial charge is 0.305 e. The third-order valence-corrected chi connectivity index (χ3v) is 5.75. The van der Waals surface area contributed by atoms with Crippen LogP contribution in [0.4, 0.5) is 4.39 Å². The molecule has 0 spiro atoms.